The number of fused-ring (bicyclic) bond motifs is 1. The summed E-state index contributed by atoms with van der Waals surface area (Å²) in [7, 11) is 0. The Hall–Kier alpha value is -1.72. The molecule has 1 aliphatic rings. The molecule has 0 saturated heterocycles. The number of nitrogens with zero attached hydrogens (tertiary/aromatic N) is 3. The molecule has 1 heterocycles. The average Bonchev–Trinajstić information content (AvgIpc) is 3.04. The summed E-state index contributed by atoms with van der Waals surface area (Å²) in [5.41, 5.74) is 2.76. The Morgan fingerprint density at radius 1 is 1.35 bits per heavy atom. The minimum absolute atomic E-state index is 0.131. The minimum atomic E-state index is 0.131. The molecule has 1 N–H and O–H groups in total. The van der Waals surface area contributed by atoms with E-state index >= 15 is 0 Å². The first kappa shape index (κ1) is 13.3. The SMILES string of the molecule is Cc1nnc(CN(CCO)C2CCc3ccccc32)o1. The van der Waals surface area contributed by atoms with Crippen molar-refractivity contribution in [3.8, 4) is 0 Å². The molecule has 106 valence electrons. The average molecular weight is 273 g/mol. The molecule has 3 rings (SSSR count). The van der Waals surface area contributed by atoms with Crippen molar-refractivity contribution in [2.24, 2.45) is 0 Å². The summed E-state index contributed by atoms with van der Waals surface area (Å²) >= 11 is 0. The van der Waals surface area contributed by atoms with E-state index in [9.17, 15) is 5.11 Å². The molecule has 20 heavy (non-hydrogen) atoms. The minimum Gasteiger partial charge on any atom is -0.424 e. The molecule has 0 bridgehead atoms. The lowest BCUT2D eigenvalue weighted by atomic mass is 10.1. The van der Waals surface area contributed by atoms with Gasteiger partial charge in [-0.2, -0.15) is 0 Å². The van der Waals surface area contributed by atoms with Crippen molar-refractivity contribution in [3.63, 3.8) is 0 Å². The molecule has 0 fully saturated rings. The Kier molecular flexibility index (Phi) is 3.80. The first-order valence-corrected chi connectivity index (χ1v) is 6.99. The molecule has 0 aliphatic heterocycles. The van der Waals surface area contributed by atoms with E-state index < -0.39 is 0 Å². The highest BCUT2D eigenvalue weighted by Gasteiger charge is 2.28. The van der Waals surface area contributed by atoms with E-state index in [1.165, 1.54) is 11.1 Å². The van der Waals surface area contributed by atoms with Crippen molar-refractivity contribution in [2.45, 2.75) is 32.4 Å². The van der Waals surface area contributed by atoms with Crippen LogP contribution in [0, 0.1) is 6.92 Å². The smallest absolute Gasteiger partial charge is 0.230 e. The van der Waals surface area contributed by atoms with E-state index in [4.69, 9.17) is 4.42 Å². The second kappa shape index (κ2) is 5.73. The highest BCUT2D eigenvalue weighted by molar-refractivity contribution is 5.34. The van der Waals surface area contributed by atoms with Gasteiger partial charge in [0.15, 0.2) is 0 Å². The number of aliphatic hydroxyl groups excluding tert-OH is 1. The van der Waals surface area contributed by atoms with Crippen molar-refractivity contribution in [1.82, 2.24) is 15.1 Å². The first-order valence-electron chi connectivity index (χ1n) is 6.99. The van der Waals surface area contributed by atoms with Gasteiger partial charge in [0.25, 0.3) is 0 Å². The summed E-state index contributed by atoms with van der Waals surface area (Å²) in [5, 5.41) is 17.2. The fourth-order valence-corrected chi connectivity index (χ4v) is 2.96. The van der Waals surface area contributed by atoms with Crippen molar-refractivity contribution in [2.75, 3.05) is 13.2 Å². The summed E-state index contributed by atoms with van der Waals surface area (Å²) in [5.74, 6) is 1.19. The van der Waals surface area contributed by atoms with Crippen LogP contribution in [-0.2, 0) is 13.0 Å². The number of hydrogen-bond donors (Lipinski definition) is 1. The molecule has 1 aliphatic carbocycles. The van der Waals surface area contributed by atoms with Crippen molar-refractivity contribution < 1.29 is 9.52 Å². The first-order chi connectivity index (χ1) is 9.78. The summed E-state index contributed by atoms with van der Waals surface area (Å²) < 4.78 is 5.46. The molecule has 1 aromatic heterocycles. The maximum atomic E-state index is 9.32. The molecule has 0 saturated carbocycles. The summed E-state index contributed by atoms with van der Waals surface area (Å²) in [6.45, 7) is 3.12. The molecule has 5 nitrogen and oxygen atoms in total. The van der Waals surface area contributed by atoms with Gasteiger partial charge in [-0.15, -0.1) is 10.2 Å². The Bertz CT molecular complexity index is 582. The summed E-state index contributed by atoms with van der Waals surface area (Å²) in [4.78, 5) is 2.22. The molecule has 0 spiro atoms. The number of aromatic nitrogens is 2. The van der Waals surface area contributed by atoms with E-state index in [0.717, 1.165) is 12.8 Å². The monoisotopic (exact) mass is 273 g/mol. The third-order valence-electron chi connectivity index (χ3n) is 3.84. The zero-order chi connectivity index (χ0) is 13.9. The largest absolute Gasteiger partial charge is 0.424 e. The third-order valence-corrected chi connectivity index (χ3v) is 3.84. The van der Waals surface area contributed by atoms with Crippen LogP contribution in [-0.4, -0.2) is 33.4 Å². The van der Waals surface area contributed by atoms with Crippen LogP contribution in [0.2, 0.25) is 0 Å². The van der Waals surface area contributed by atoms with Crippen LogP contribution in [0.3, 0.4) is 0 Å². The van der Waals surface area contributed by atoms with Crippen molar-refractivity contribution in [3.05, 3.63) is 47.2 Å². The van der Waals surface area contributed by atoms with E-state index in [1.54, 1.807) is 6.92 Å². The van der Waals surface area contributed by atoms with Gasteiger partial charge in [-0.1, -0.05) is 24.3 Å². The van der Waals surface area contributed by atoms with Crippen molar-refractivity contribution >= 4 is 0 Å². The van der Waals surface area contributed by atoms with E-state index in [1.807, 2.05) is 0 Å². The van der Waals surface area contributed by atoms with Crippen LogP contribution in [0.15, 0.2) is 28.7 Å². The van der Waals surface area contributed by atoms with E-state index in [2.05, 4.69) is 39.4 Å². The maximum Gasteiger partial charge on any atom is 0.230 e. The van der Waals surface area contributed by atoms with Gasteiger partial charge < -0.3 is 9.52 Å². The molecule has 1 atom stereocenters. The molecule has 2 aromatic rings. The quantitative estimate of drug-likeness (QED) is 0.901. The van der Waals surface area contributed by atoms with Gasteiger partial charge in [0.05, 0.1) is 13.2 Å². The normalized spacial score (nSPS) is 17.6. The lowest BCUT2D eigenvalue weighted by molar-refractivity contribution is 0.131. The molecule has 0 radical (unpaired) electrons. The van der Waals surface area contributed by atoms with Crippen molar-refractivity contribution in [1.29, 1.82) is 0 Å². The van der Waals surface area contributed by atoms with E-state index in [-0.39, 0.29) is 6.61 Å². The van der Waals surface area contributed by atoms with E-state index in [0.29, 0.717) is 30.9 Å². The van der Waals surface area contributed by atoms with Crippen LogP contribution in [0.25, 0.3) is 0 Å². The Balaban J connectivity index is 1.81. The Morgan fingerprint density at radius 3 is 2.95 bits per heavy atom. The molecule has 1 aromatic carbocycles. The predicted molar refractivity (Wildman–Crippen MR) is 74.0 cm³/mol. The third kappa shape index (κ3) is 2.59. The van der Waals surface area contributed by atoms with Crippen LogP contribution < -0.4 is 0 Å². The standard InChI is InChI=1S/C15H19N3O2/c1-11-16-17-15(20-11)10-18(8-9-19)14-7-6-12-4-2-3-5-13(12)14/h2-5,14,19H,6-10H2,1H3. The molecule has 5 heteroatoms. The molecular formula is C15H19N3O2. The Labute approximate surface area is 118 Å². The topological polar surface area (TPSA) is 62.4 Å². The second-order valence-electron chi connectivity index (χ2n) is 5.16. The van der Waals surface area contributed by atoms with Gasteiger partial charge in [0, 0.05) is 19.5 Å². The fraction of sp³-hybridized carbons (Fsp3) is 0.467. The fourth-order valence-electron chi connectivity index (χ4n) is 2.96. The Morgan fingerprint density at radius 2 is 2.20 bits per heavy atom. The lowest BCUT2D eigenvalue weighted by Crippen LogP contribution is -2.30. The predicted octanol–water partition coefficient (Wildman–Crippen LogP) is 1.86. The van der Waals surface area contributed by atoms with Crippen LogP contribution in [0.4, 0.5) is 0 Å². The van der Waals surface area contributed by atoms with Gasteiger partial charge in [0.2, 0.25) is 11.8 Å². The molecule has 1 unspecified atom stereocenters. The van der Waals surface area contributed by atoms with Gasteiger partial charge >= 0.3 is 0 Å². The number of rotatable bonds is 5. The number of aliphatic hydroxyl groups is 1. The van der Waals surface area contributed by atoms with Gasteiger partial charge in [0.1, 0.15) is 0 Å². The molecular weight excluding hydrogens is 254 g/mol. The summed E-state index contributed by atoms with van der Waals surface area (Å²) in [6.07, 6.45) is 2.16. The maximum absolute atomic E-state index is 9.32. The zero-order valence-electron chi connectivity index (χ0n) is 11.6. The highest BCUT2D eigenvalue weighted by atomic mass is 16.4. The van der Waals surface area contributed by atoms with Crippen LogP contribution in [0.5, 0.6) is 0 Å². The zero-order valence-corrected chi connectivity index (χ0v) is 11.6. The van der Waals surface area contributed by atoms with Gasteiger partial charge in [-0.05, 0) is 24.0 Å². The number of aryl methyl sites for hydroxylation is 2. The summed E-state index contributed by atoms with van der Waals surface area (Å²) in [6, 6.07) is 8.84. The van der Waals surface area contributed by atoms with Crippen LogP contribution >= 0.6 is 0 Å². The van der Waals surface area contributed by atoms with Crippen LogP contribution in [0.1, 0.15) is 35.4 Å². The van der Waals surface area contributed by atoms with Gasteiger partial charge in [-0.25, -0.2) is 0 Å². The second-order valence-corrected chi connectivity index (χ2v) is 5.16. The number of hydrogen-bond acceptors (Lipinski definition) is 5. The highest BCUT2D eigenvalue weighted by Crippen LogP contribution is 2.36. The van der Waals surface area contributed by atoms with Gasteiger partial charge in [-0.3, -0.25) is 4.90 Å². The molecule has 0 amide bonds. The lowest BCUT2D eigenvalue weighted by Gasteiger charge is -2.27. The number of benzene rings is 1.